The van der Waals surface area contributed by atoms with E-state index >= 15 is 0 Å². The van der Waals surface area contributed by atoms with Crippen molar-refractivity contribution in [2.45, 2.75) is 303 Å². The number of hydrogen-bond donors (Lipinski definition) is 0. The fourth-order valence-corrected chi connectivity index (χ4v) is 8.53. The molecule has 0 aromatic carbocycles. The molecule has 0 saturated carbocycles. The van der Waals surface area contributed by atoms with Gasteiger partial charge in [-0.1, -0.05) is 293 Å². The molecule has 0 radical (unpaired) electrons. The topological polar surface area (TPSA) is 78.9 Å². The highest BCUT2D eigenvalue weighted by atomic mass is 16.6. The Hall–Kier alpha value is -3.15. The van der Waals surface area contributed by atoms with Crippen LogP contribution in [0.3, 0.4) is 0 Å². The molecule has 0 aliphatic carbocycles. The van der Waals surface area contributed by atoms with Gasteiger partial charge >= 0.3 is 17.9 Å². The first-order chi connectivity index (χ1) is 34.5. The van der Waals surface area contributed by atoms with Gasteiger partial charge in [-0.25, -0.2) is 0 Å². The molecule has 0 N–H and O–H groups in total. The molecule has 404 valence electrons. The van der Waals surface area contributed by atoms with Crippen LogP contribution in [0.2, 0.25) is 0 Å². The Morgan fingerprint density at radius 2 is 0.557 bits per heavy atom. The summed E-state index contributed by atoms with van der Waals surface area (Å²) in [4.78, 5) is 37.8. The first kappa shape index (κ1) is 66.9. The largest absolute Gasteiger partial charge is 0.462 e. The highest BCUT2D eigenvalue weighted by Gasteiger charge is 2.19. The van der Waals surface area contributed by atoms with Gasteiger partial charge in [-0.05, 0) is 57.8 Å². The molecule has 0 aromatic rings. The minimum Gasteiger partial charge on any atom is -0.462 e. The van der Waals surface area contributed by atoms with E-state index in [-0.39, 0.29) is 31.6 Å². The van der Waals surface area contributed by atoms with E-state index in [1.54, 1.807) is 0 Å². The van der Waals surface area contributed by atoms with Crippen LogP contribution in [0, 0.1) is 0 Å². The summed E-state index contributed by atoms with van der Waals surface area (Å²) in [7, 11) is 0. The van der Waals surface area contributed by atoms with Crippen molar-refractivity contribution >= 4 is 17.9 Å². The highest BCUT2D eigenvalue weighted by Crippen LogP contribution is 2.17. The normalized spacial score (nSPS) is 12.6. The van der Waals surface area contributed by atoms with Gasteiger partial charge in [-0.2, -0.15) is 0 Å². The summed E-state index contributed by atoms with van der Waals surface area (Å²) in [6.45, 7) is 6.43. The van der Waals surface area contributed by atoms with Gasteiger partial charge < -0.3 is 14.2 Å². The van der Waals surface area contributed by atoms with Gasteiger partial charge in [-0.15, -0.1) is 0 Å². The Bertz CT molecular complexity index is 1310. The van der Waals surface area contributed by atoms with Crippen LogP contribution in [0.4, 0.5) is 0 Å². The van der Waals surface area contributed by atoms with E-state index in [4.69, 9.17) is 14.2 Å². The third-order valence-corrected chi connectivity index (χ3v) is 13.0. The second-order valence-electron chi connectivity index (χ2n) is 19.9. The summed E-state index contributed by atoms with van der Waals surface area (Å²) in [6, 6.07) is 0. The fraction of sp³-hybridized carbons (Fsp3) is 0.766. The second-order valence-corrected chi connectivity index (χ2v) is 19.9. The molecular weight excluding hydrogens is 865 g/mol. The Labute approximate surface area is 433 Å². The van der Waals surface area contributed by atoms with Crippen LogP contribution < -0.4 is 0 Å². The molecule has 0 aliphatic heterocycles. The molecule has 1 atom stereocenters. The maximum atomic E-state index is 12.8. The minimum absolute atomic E-state index is 0.103. The number of unbranched alkanes of at least 4 members (excludes halogenated alkanes) is 31. The lowest BCUT2D eigenvalue weighted by Gasteiger charge is -2.18. The number of carbonyl (C=O) groups excluding carboxylic acids is 3. The highest BCUT2D eigenvalue weighted by molar-refractivity contribution is 5.71. The summed E-state index contributed by atoms with van der Waals surface area (Å²) in [5.74, 6) is -0.989. The van der Waals surface area contributed by atoms with E-state index in [0.717, 1.165) is 77.0 Å². The minimum atomic E-state index is -0.811. The molecule has 0 aromatic heterocycles. The summed E-state index contributed by atoms with van der Waals surface area (Å²) in [6.07, 6.45) is 75.4. The predicted octanol–water partition coefficient (Wildman–Crippen LogP) is 20.2. The van der Waals surface area contributed by atoms with E-state index in [2.05, 4.69) is 87.6 Å². The zero-order valence-corrected chi connectivity index (χ0v) is 46.3. The van der Waals surface area contributed by atoms with Crippen molar-refractivity contribution in [3.05, 3.63) is 72.9 Å². The van der Waals surface area contributed by atoms with Crippen molar-refractivity contribution in [3.63, 3.8) is 0 Å². The molecule has 0 rings (SSSR count). The SMILES string of the molecule is CC/C=C\C/C=C\C/C=C\C/C=C\C/C=C\C/C=C\CCC(=O)OC(COC(=O)CCCCCCCC)COC(=O)CCCCCCCCCCCCCCCCCCCCCCCCCCCCC. The van der Waals surface area contributed by atoms with Crippen molar-refractivity contribution in [1.29, 1.82) is 0 Å². The number of hydrogen-bond acceptors (Lipinski definition) is 6. The van der Waals surface area contributed by atoms with Crippen molar-refractivity contribution in [2.24, 2.45) is 0 Å². The maximum absolute atomic E-state index is 12.8. The quantitative estimate of drug-likeness (QED) is 0.0261. The first-order valence-electron chi connectivity index (χ1n) is 29.9. The van der Waals surface area contributed by atoms with Gasteiger partial charge in [0.25, 0.3) is 0 Å². The third kappa shape index (κ3) is 55.8. The summed E-state index contributed by atoms with van der Waals surface area (Å²) >= 11 is 0. The van der Waals surface area contributed by atoms with Crippen molar-refractivity contribution in [1.82, 2.24) is 0 Å². The standard InChI is InChI=1S/C64H112O6/c1-4-7-10-13-16-18-20-22-24-26-28-29-30-31-32-33-34-35-37-38-40-42-44-46-48-51-54-57-63(66)69-60-61(59-68-62(65)56-53-50-15-12-9-6-3)70-64(67)58-55-52-49-47-45-43-41-39-36-27-25-23-21-19-17-14-11-8-5-2/h8,11,17,19,23,25,36,39,43,45,49,52,61H,4-7,9-10,12-16,18,20-22,24,26-35,37-38,40-42,44,46-48,50-51,53-60H2,1-3H3/b11-8-,19-17-,25-23-,39-36-,45-43-,52-49-. The number of rotatable bonds is 54. The lowest BCUT2D eigenvalue weighted by molar-refractivity contribution is -0.166. The molecule has 0 heterocycles. The van der Waals surface area contributed by atoms with E-state index in [0.29, 0.717) is 19.3 Å². The van der Waals surface area contributed by atoms with Gasteiger partial charge in [0.15, 0.2) is 6.10 Å². The molecule has 0 bridgehead atoms. The molecule has 6 nitrogen and oxygen atoms in total. The Morgan fingerprint density at radius 1 is 0.300 bits per heavy atom. The molecule has 70 heavy (non-hydrogen) atoms. The predicted molar refractivity (Wildman–Crippen MR) is 302 cm³/mol. The number of carbonyl (C=O) groups is 3. The van der Waals surface area contributed by atoms with Gasteiger partial charge in [0, 0.05) is 19.3 Å². The Morgan fingerprint density at radius 3 is 0.843 bits per heavy atom. The van der Waals surface area contributed by atoms with Crippen LogP contribution in [0.25, 0.3) is 0 Å². The van der Waals surface area contributed by atoms with Crippen molar-refractivity contribution < 1.29 is 28.6 Å². The monoisotopic (exact) mass is 977 g/mol. The number of esters is 3. The molecule has 0 fully saturated rings. The number of allylic oxidation sites excluding steroid dienone is 12. The van der Waals surface area contributed by atoms with E-state index in [9.17, 15) is 14.4 Å². The summed E-state index contributed by atoms with van der Waals surface area (Å²) in [5, 5.41) is 0. The van der Waals surface area contributed by atoms with E-state index in [1.807, 2.05) is 6.08 Å². The molecule has 1 unspecified atom stereocenters. The van der Waals surface area contributed by atoms with Gasteiger partial charge in [0.1, 0.15) is 13.2 Å². The molecule has 0 spiro atoms. The van der Waals surface area contributed by atoms with Crippen LogP contribution in [-0.2, 0) is 28.6 Å². The molecule has 0 amide bonds. The van der Waals surface area contributed by atoms with Crippen LogP contribution in [0.5, 0.6) is 0 Å². The van der Waals surface area contributed by atoms with Crippen LogP contribution in [-0.4, -0.2) is 37.2 Å². The van der Waals surface area contributed by atoms with E-state index in [1.165, 1.54) is 173 Å². The van der Waals surface area contributed by atoms with Gasteiger partial charge in [0.2, 0.25) is 0 Å². The molecular formula is C64H112O6. The zero-order valence-electron chi connectivity index (χ0n) is 46.3. The van der Waals surface area contributed by atoms with Gasteiger partial charge in [0.05, 0.1) is 0 Å². The first-order valence-corrected chi connectivity index (χ1v) is 29.9. The van der Waals surface area contributed by atoms with Crippen molar-refractivity contribution in [3.8, 4) is 0 Å². The zero-order chi connectivity index (χ0) is 50.7. The average molecular weight is 978 g/mol. The van der Waals surface area contributed by atoms with Crippen molar-refractivity contribution in [2.75, 3.05) is 13.2 Å². The van der Waals surface area contributed by atoms with Crippen LogP contribution in [0.1, 0.15) is 297 Å². The van der Waals surface area contributed by atoms with E-state index < -0.39 is 12.1 Å². The lowest BCUT2D eigenvalue weighted by Crippen LogP contribution is -2.30. The Kier molecular flexibility index (Phi) is 55.8. The van der Waals surface area contributed by atoms with Crippen LogP contribution in [0.15, 0.2) is 72.9 Å². The molecule has 6 heteroatoms. The van der Waals surface area contributed by atoms with Gasteiger partial charge in [-0.3, -0.25) is 14.4 Å². The van der Waals surface area contributed by atoms with Crippen LogP contribution >= 0.6 is 0 Å². The summed E-state index contributed by atoms with van der Waals surface area (Å²) < 4.78 is 16.7. The smallest absolute Gasteiger partial charge is 0.306 e. The molecule has 0 aliphatic rings. The fourth-order valence-electron chi connectivity index (χ4n) is 8.53. The Balaban J connectivity index is 4.13. The maximum Gasteiger partial charge on any atom is 0.306 e. The third-order valence-electron chi connectivity index (χ3n) is 13.0. The lowest BCUT2D eigenvalue weighted by atomic mass is 10.0. The summed E-state index contributed by atoms with van der Waals surface area (Å²) in [5.41, 5.74) is 0. The average Bonchev–Trinajstić information content (AvgIpc) is 3.36. The second kappa shape index (κ2) is 58.4. The molecule has 0 saturated heterocycles. The number of ether oxygens (including phenoxy) is 3.